The van der Waals surface area contributed by atoms with Gasteiger partial charge in [0.15, 0.2) is 10.8 Å². The number of hydrogen-bond acceptors (Lipinski definition) is 7. The van der Waals surface area contributed by atoms with Crippen LogP contribution in [-0.2, 0) is 9.53 Å². The predicted octanol–water partition coefficient (Wildman–Crippen LogP) is 4.57. The standard InChI is InChI=1S/C13H15N3O2S.C6H4BrF.H3N/c1-2-18-13(17)9-8-15-11(12-14-5-7-19-12)16-6-3-4-10(9)16;7-5-2-1-3-6(8)4-5;/h5,7H,2-4,6,8H2,1H3;1-4H;1H3. The van der Waals surface area contributed by atoms with Crippen molar-refractivity contribution in [2.24, 2.45) is 4.99 Å². The number of halogens is 2. The second-order valence-electron chi connectivity index (χ2n) is 5.82. The highest BCUT2D eigenvalue weighted by molar-refractivity contribution is 9.10. The smallest absolute Gasteiger partial charge is 0.337 e. The van der Waals surface area contributed by atoms with Gasteiger partial charge in [-0.15, -0.1) is 11.3 Å². The van der Waals surface area contributed by atoms with Gasteiger partial charge in [0.1, 0.15) is 5.82 Å². The van der Waals surface area contributed by atoms with Crippen molar-refractivity contribution >= 4 is 39.1 Å². The molecule has 6 nitrogen and oxygen atoms in total. The number of rotatable bonds is 3. The summed E-state index contributed by atoms with van der Waals surface area (Å²) in [7, 11) is 0. The molecule has 28 heavy (non-hydrogen) atoms. The van der Waals surface area contributed by atoms with Crippen LogP contribution in [0, 0.1) is 5.82 Å². The highest BCUT2D eigenvalue weighted by Crippen LogP contribution is 2.31. The third-order valence-electron chi connectivity index (χ3n) is 4.04. The molecule has 3 heterocycles. The average molecular weight is 469 g/mol. The minimum atomic E-state index is -0.230. The van der Waals surface area contributed by atoms with E-state index >= 15 is 0 Å². The van der Waals surface area contributed by atoms with E-state index in [9.17, 15) is 9.18 Å². The van der Waals surface area contributed by atoms with Crippen molar-refractivity contribution < 1.29 is 13.9 Å². The molecular formula is C19H22BrFN4O2S. The van der Waals surface area contributed by atoms with Crippen LogP contribution < -0.4 is 6.15 Å². The number of thiazole rings is 1. The van der Waals surface area contributed by atoms with Crippen molar-refractivity contribution in [1.82, 2.24) is 16.0 Å². The van der Waals surface area contributed by atoms with Crippen LogP contribution in [0.3, 0.4) is 0 Å². The quantitative estimate of drug-likeness (QED) is 0.666. The summed E-state index contributed by atoms with van der Waals surface area (Å²) in [6, 6.07) is 6.26. The predicted molar refractivity (Wildman–Crippen MR) is 112 cm³/mol. The van der Waals surface area contributed by atoms with Gasteiger partial charge in [-0.2, -0.15) is 0 Å². The van der Waals surface area contributed by atoms with Gasteiger partial charge >= 0.3 is 5.97 Å². The van der Waals surface area contributed by atoms with Crippen LogP contribution >= 0.6 is 27.3 Å². The molecule has 1 saturated heterocycles. The molecule has 1 aromatic carbocycles. The maximum absolute atomic E-state index is 12.1. The second-order valence-corrected chi connectivity index (χ2v) is 7.63. The number of amidine groups is 1. The summed E-state index contributed by atoms with van der Waals surface area (Å²) in [5.41, 5.74) is 1.78. The number of carbonyl (C=O) groups is 1. The number of hydrogen-bond donors (Lipinski definition) is 1. The van der Waals surface area contributed by atoms with E-state index in [-0.39, 0.29) is 17.9 Å². The number of benzene rings is 1. The van der Waals surface area contributed by atoms with Crippen molar-refractivity contribution in [2.75, 3.05) is 19.7 Å². The Hall–Kier alpha value is -2.10. The maximum Gasteiger partial charge on any atom is 0.337 e. The lowest BCUT2D eigenvalue weighted by Crippen LogP contribution is -2.33. The number of allylic oxidation sites excluding steroid dienone is 1. The summed E-state index contributed by atoms with van der Waals surface area (Å²) in [5, 5.41) is 2.86. The molecule has 0 saturated carbocycles. The average Bonchev–Trinajstić information content (AvgIpc) is 3.33. The minimum absolute atomic E-state index is 0. The third-order valence-corrected chi connectivity index (χ3v) is 5.31. The Morgan fingerprint density at radius 2 is 2.25 bits per heavy atom. The second kappa shape index (κ2) is 10.4. The Morgan fingerprint density at radius 3 is 2.86 bits per heavy atom. The fourth-order valence-electron chi connectivity index (χ4n) is 2.93. The first-order chi connectivity index (χ1) is 13.1. The van der Waals surface area contributed by atoms with E-state index in [1.165, 1.54) is 12.1 Å². The highest BCUT2D eigenvalue weighted by atomic mass is 79.9. The number of esters is 1. The first kappa shape index (κ1) is 22.2. The molecule has 4 rings (SSSR count). The first-order valence-electron chi connectivity index (χ1n) is 8.62. The third kappa shape index (κ3) is 5.24. The molecular weight excluding hydrogens is 447 g/mol. The number of aromatic nitrogens is 1. The number of aliphatic imine (C=N–C) groups is 1. The lowest BCUT2D eigenvalue weighted by molar-refractivity contribution is -0.138. The molecule has 2 aliphatic rings. The number of carbonyl (C=O) groups excluding carboxylic acids is 1. The molecule has 3 N–H and O–H groups in total. The molecule has 2 aliphatic heterocycles. The Kier molecular flexibility index (Phi) is 8.28. The van der Waals surface area contributed by atoms with Crippen LogP contribution in [-0.4, -0.2) is 41.4 Å². The number of ether oxygens (including phenoxy) is 1. The van der Waals surface area contributed by atoms with E-state index in [1.54, 1.807) is 29.7 Å². The van der Waals surface area contributed by atoms with Crippen LogP contribution in [0.1, 0.15) is 24.8 Å². The van der Waals surface area contributed by atoms with E-state index in [1.807, 2.05) is 12.3 Å². The molecule has 150 valence electrons. The van der Waals surface area contributed by atoms with E-state index in [0.29, 0.717) is 18.7 Å². The molecule has 9 heteroatoms. The summed E-state index contributed by atoms with van der Waals surface area (Å²) in [4.78, 5) is 22.9. The van der Waals surface area contributed by atoms with Crippen molar-refractivity contribution in [3.63, 3.8) is 0 Å². The topological polar surface area (TPSA) is 89.8 Å². The first-order valence-corrected chi connectivity index (χ1v) is 10.3. The van der Waals surface area contributed by atoms with Gasteiger partial charge in [0.05, 0.1) is 18.7 Å². The monoisotopic (exact) mass is 468 g/mol. The molecule has 2 aromatic rings. The lowest BCUT2D eigenvalue weighted by Gasteiger charge is -2.26. The van der Waals surface area contributed by atoms with Crippen molar-refractivity contribution in [3.8, 4) is 0 Å². The largest absolute Gasteiger partial charge is 0.463 e. The van der Waals surface area contributed by atoms with Gasteiger partial charge in [-0.05, 0) is 38.0 Å². The van der Waals surface area contributed by atoms with Crippen molar-refractivity contribution in [2.45, 2.75) is 19.8 Å². The van der Waals surface area contributed by atoms with Crippen LogP contribution in [0.4, 0.5) is 4.39 Å². The Balaban J connectivity index is 0.000000264. The van der Waals surface area contributed by atoms with E-state index < -0.39 is 0 Å². The molecule has 0 bridgehead atoms. The maximum atomic E-state index is 12.1. The molecule has 0 spiro atoms. The van der Waals surface area contributed by atoms with Crippen LogP contribution in [0.25, 0.3) is 0 Å². The van der Waals surface area contributed by atoms with E-state index in [4.69, 9.17) is 4.74 Å². The zero-order valence-corrected chi connectivity index (χ0v) is 17.9. The van der Waals surface area contributed by atoms with Gasteiger partial charge in [-0.25, -0.2) is 14.2 Å². The fraction of sp³-hybridized carbons (Fsp3) is 0.316. The molecule has 1 fully saturated rings. The van der Waals surface area contributed by atoms with Crippen LogP contribution in [0.5, 0.6) is 0 Å². The minimum Gasteiger partial charge on any atom is -0.463 e. The van der Waals surface area contributed by atoms with Gasteiger partial charge in [-0.3, -0.25) is 4.99 Å². The Bertz CT molecular complexity index is 853. The summed E-state index contributed by atoms with van der Waals surface area (Å²) >= 11 is 4.70. The Morgan fingerprint density at radius 1 is 1.43 bits per heavy atom. The van der Waals surface area contributed by atoms with Gasteiger partial charge in [0.2, 0.25) is 0 Å². The molecule has 1 aromatic heterocycles. The Labute approximate surface area is 175 Å². The number of nitrogens with zero attached hydrogens (tertiary/aromatic N) is 3. The highest BCUT2D eigenvalue weighted by Gasteiger charge is 2.32. The van der Waals surface area contributed by atoms with E-state index in [0.717, 1.165) is 40.4 Å². The fourth-order valence-corrected chi connectivity index (χ4v) is 3.95. The van der Waals surface area contributed by atoms with Gasteiger partial charge in [0.25, 0.3) is 0 Å². The summed E-state index contributed by atoms with van der Waals surface area (Å²) in [6.07, 6.45) is 3.74. The van der Waals surface area contributed by atoms with Gasteiger partial charge < -0.3 is 15.8 Å². The lowest BCUT2D eigenvalue weighted by atomic mass is 10.1. The van der Waals surface area contributed by atoms with Crippen molar-refractivity contribution in [3.05, 3.63) is 62.4 Å². The molecule has 0 amide bonds. The van der Waals surface area contributed by atoms with Crippen molar-refractivity contribution in [1.29, 1.82) is 0 Å². The molecule has 0 atom stereocenters. The number of fused-ring (bicyclic) bond motifs is 1. The van der Waals surface area contributed by atoms with E-state index in [2.05, 4.69) is 30.8 Å². The summed E-state index contributed by atoms with van der Waals surface area (Å²) in [6.45, 7) is 3.53. The zero-order chi connectivity index (χ0) is 19.2. The van der Waals surface area contributed by atoms with Gasteiger partial charge in [-0.1, -0.05) is 22.0 Å². The van der Waals surface area contributed by atoms with Crippen LogP contribution in [0.2, 0.25) is 0 Å². The molecule has 0 unspecified atom stereocenters. The summed E-state index contributed by atoms with van der Waals surface area (Å²) in [5.74, 6) is 0.460. The SMILES string of the molecule is CCOC(=O)C1=C2CCCN2C(c2nccs2)=NC1.Fc1cccc(Br)c1.N. The van der Waals surface area contributed by atoms with Gasteiger partial charge in [0, 0.05) is 28.3 Å². The normalized spacial score (nSPS) is 15.1. The zero-order valence-electron chi connectivity index (χ0n) is 15.5. The van der Waals surface area contributed by atoms with Crippen LogP contribution in [0.15, 0.2) is 56.6 Å². The molecule has 0 radical (unpaired) electrons. The summed E-state index contributed by atoms with van der Waals surface area (Å²) < 4.78 is 18.0. The molecule has 0 aliphatic carbocycles.